The molecule has 5 heteroatoms. The molecule has 0 saturated heterocycles. The van der Waals surface area contributed by atoms with Gasteiger partial charge in [-0.1, -0.05) is 24.3 Å². The van der Waals surface area contributed by atoms with E-state index in [0.717, 1.165) is 33.5 Å². The second-order valence-electron chi connectivity index (χ2n) is 6.45. The number of nitrogens with one attached hydrogen (secondary N) is 1. The molecule has 0 aliphatic carbocycles. The van der Waals surface area contributed by atoms with Gasteiger partial charge in [-0.25, -0.2) is 9.97 Å². The van der Waals surface area contributed by atoms with Gasteiger partial charge in [0.2, 0.25) is 0 Å². The number of hydrogen-bond acceptors (Lipinski definition) is 4. The molecule has 0 atom stereocenters. The van der Waals surface area contributed by atoms with Crippen LogP contribution in [0.3, 0.4) is 0 Å². The molecule has 0 unspecified atom stereocenters. The normalized spacial score (nSPS) is 10.9. The largest absolute Gasteiger partial charge is 0.331 e. The van der Waals surface area contributed by atoms with Gasteiger partial charge in [-0.15, -0.1) is 11.3 Å². The van der Waals surface area contributed by atoms with Crippen LogP contribution in [0.4, 0.5) is 10.8 Å². The van der Waals surface area contributed by atoms with Gasteiger partial charge in [-0.2, -0.15) is 0 Å². The third-order valence-electron chi connectivity index (χ3n) is 4.31. The van der Waals surface area contributed by atoms with Crippen LogP contribution in [-0.2, 0) is 0 Å². The Morgan fingerprint density at radius 3 is 2.54 bits per heavy atom. The van der Waals surface area contributed by atoms with Gasteiger partial charge in [0.25, 0.3) is 0 Å². The highest BCUT2D eigenvalue weighted by Crippen LogP contribution is 2.29. The van der Waals surface area contributed by atoms with Crippen LogP contribution < -0.4 is 5.32 Å². The van der Waals surface area contributed by atoms with Crippen molar-refractivity contribution in [3.63, 3.8) is 0 Å². The summed E-state index contributed by atoms with van der Waals surface area (Å²) in [6, 6.07) is 14.8. The Morgan fingerprint density at radius 1 is 1.00 bits per heavy atom. The molecule has 4 nitrogen and oxygen atoms in total. The van der Waals surface area contributed by atoms with Crippen molar-refractivity contribution in [1.82, 2.24) is 14.5 Å². The van der Waals surface area contributed by atoms with Gasteiger partial charge < -0.3 is 9.88 Å². The Bertz CT molecular complexity index is 1040. The van der Waals surface area contributed by atoms with Gasteiger partial charge in [-0.05, 0) is 50.1 Å². The number of aromatic nitrogens is 3. The predicted molar refractivity (Wildman–Crippen MR) is 109 cm³/mol. The minimum Gasteiger partial charge on any atom is -0.331 e. The standard InChI is InChI=1S/C21H20N4S/c1-14-4-5-15(2)19(10-14)23-21-24-20(12-26-21)17-6-8-18(9-7-17)25-11-16(3)22-13-25/h4-13H,1-3H3,(H,23,24). The Hall–Kier alpha value is -2.92. The van der Waals surface area contributed by atoms with E-state index in [0.29, 0.717) is 0 Å². The quantitative estimate of drug-likeness (QED) is 0.510. The van der Waals surface area contributed by atoms with Gasteiger partial charge in [0, 0.05) is 28.5 Å². The van der Waals surface area contributed by atoms with Crippen LogP contribution in [0, 0.1) is 20.8 Å². The molecular weight excluding hydrogens is 340 g/mol. The second-order valence-corrected chi connectivity index (χ2v) is 7.31. The molecule has 4 aromatic rings. The molecule has 0 aliphatic heterocycles. The number of hydrogen-bond donors (Lipinski definition) is 1. The number of nitrogens with zero attached hydrogens (tertiary/aromatic N) is 3. The maximum absolute atomic E-state index is 4.74. The summed E-state index contributed by atoms with van der Waals surface area (Å²) in [6.07, 6.45) is 3.85. The summed E-state index contributed by atoms with van der Waals surface area (Å²) in [5, 5.41) is 6.43. The summed E-state index contributed by atoms with van der Waals surface area (Å²) in [7, 11) is 0. The number of benzene rings is 2. The van der Waals surface area contributed by atoms with Crippen molar-refractivity contribution in [2.75, 3.05) is 5.32 Å². The van der Waals surface area contributed by atoms with Gasteiger partial charge in [-0.3, -0.25) is 0 Å². The topological polar surface area (TPSA) is 42.7 Å². The van der Waals surface area contributed by atoms with Gasteiger partial charge >= 0.3 is 0 Å². The summed E-state index contributed by atoms with van der Waals surface area (Å²) in [6.45, 7) is 6.19. The third-order valence-corrected chi connectivity index (χ3v) is 5.07. The van der Waals surface area contributed by atoms with Crippen LogP contribution in [0.2, 0.25) is 0 Å². The maximum Gasteiger partial charge on any atom is 0.187 e. The summed E-state index contributed by atoms with van der Waals surface area (Å²) >= 11 is 1.62. The van der Waals surface area contributed by atoms with Crippen molar-refractivity contribution in [2.24, 2.45) is 0 Å². The first-order chi connectivity index (χ1) is 12.6. The van der Waals surface area contributed by atoms with Crippen LogP contribution in [-0.4, -0.2) is 14.5 Å². The molecule has 1 N–H and O–H groups in total. The van der Waals surface area contributed by atoms with E-state index < -0.39 is 0 Å². The molecule has 4 rings (SSSR count). The zero-order valence-electron chi connectivity index (χ0n) is 15.0. The molecule has 26 heavy (non-hydrogen) atoms. The van der Waals surface area contributed by atoms with Crippen LogP contribution in [0.5, 0.6) is 0 Å². The highest BCUT2D eigenvalue weighted by atomic mass is 32.1. The first-order valence-electron chi connectivity index (χ1n) is 8.50. The molecule has 0 aliphatic rings. The summed E-state index contributed by atoms with van der Waals surface area (Å²) in [5.41, 5.74) is 7.75. The molecular formula is C21H20N4S. The van der Waals surface area contributed by atoms with Crippen molar-refractivity contribution < 1.29 is 0 Å². The lowest BCUT2D eigenvalue weighted by Gasteiger charge is -2.07. The van der Waals surface area contributed by atoms with E-state index in [2.05, 4.69) is 72.0 Å². The van der Waals surface area contributed by atoms with Crippen molar-refractivity contribution in [3.8, 4) is 16.9 Å². The number of thiazole rings is 1. The fraction of sp³-hybridized carbons (Fsp3) is 0.143. The summed E-state index contributed by atoms with van der Waals surface area (Å²) < 4.78 is 2.02. The van der Waals surface area contributed by atoms with E-state index in [1.165, 1.54) is 11.1 Å². The molecule has 2 aromatic carbocycles. The Labute approximate surface area is 157 Å². The molecule has 0 spiro atoms. The van der Waals surface area contributed by atoms with E-state index >= 15 is 0 Å². The number of aryl methyl sites for hydroxylation is 3. The molecule has 2 aromatic heterocycles. The first kappa shape index (κ1) is 16.5. The predicted octanol–water partition coefficient (Wildman–Crippen LogP) is 5.66. The smallest absolute Gasteiger partial charge is 0.187 e. The molecule has 0 amide bonds. The lowest BCUT2D eigenvalue weighted by molar-refractivity contribution is 1.06. The Balaban J connectivity index is 1.55. The van der Waals surface area contributed by atoms with Crippen LogP contribution in [0.25, 0.3) is 16.9 Å². The van der Waals surface area contributed by atoms with E-state index in [-0.39, 0.29) is 0 Å². The lowest BCUT2D eigenvalue weighted by Crippen LogP contribution is -1.93. The van der Waals surface area contributed by atoms with Gasteiger partial charge in [0.1, 0.15) is 0 Å². The number of rotatable bonds is 4. The molecule has 0 radical (unpaired) electrons. The Kier molecular flexibility index (Phi) is 4.31. The van der Waals surface area contributed by atoms with Gasteiger partial charge in [0.05, 0.1) is 17.7 Å². The zero-order valence-corrected chi connectivity index (χ0v) is 15.8. The zero-order chi connectivity index (χ0) is 18.1. The highest BCUT2D eigenvalue weighted by molar-refractivity contribution is 7.14. The SMILES string of the molecule is Cc1ccc(C)c(Nc2nc(-c3ccc(-n4cnc(C)c4)cc3)cs2)c1. The fourth-order valence-electron chi connectivity index (χ4n) is 2.82. The minimum absolute atomic E-state index is 0.906. The van der Waals surface area contributed by atoms with Crippen molar-refractivity contribution in [3.05, 3.63) is 77.2 Å². The van der Waals surface area contributed by atoms with Gasteiger partial charge in [0.15, 0.2) is 5.13 Å². The Morgan fingerprint density at radius 2 is 1.81 bits per heavy atom. The van der Waals surface area contributed by atoms with Crippen LogP contribution in [0.1, 0.15) is 16.8 Å². The van der Waals surface area contributed by atoms with Crippen LogP contribution >= 0.6 is 11.3 Å². The van der Waals surface area contributed by atoms with E-state index in [1.54, 1.807) is 11.3 Å². The average molecular weight is 360 g/mol. The van der Waals surface area contributed by atoms with Crippen LogP contribution in [0.15, 0.2) is 60.4 Å². The molecule has 0 fully saturated rings. The first-order valence-corrected chi connectivity index (χ1v) is 9.38. The summed E-state index contributed by atoms with van der Waals surface area (Å²) in [4.78, 5) is 9.02. The van der Waals surface area contributed by atoms with Crippen molar-refractivity contribution in [2.45, 2.75) is 20.8 Å². The molecule has 0 bridgehead atoms. The number of imidazole rings is 1. The van der Waals surface area contributed by atoms with E-state index in [9.17, 15) is 0 Å². The molecule has 0 saturated carbocycles. The lowest BCUT2D eigenvalue weighted by atomic mass is 10.1. The van der Waals surface area contributed by atoms with Crippen molar-refractivity contribution in [1.29, 1.82) is 0 Å². The second kappa shape index (κ2) is 6.77. The molecule has 130 valence electrons. The minimum atomic E-state index is 0.906. The number of anilines is 2. The highest BCUT2D eigenvalue weighted by Gasteiger charge is 2.07. The average Bonchev–Trinajstić information content (AvgIpc) is 3.28. The fourth-order valence-corrected chi connectivity index (χ4v) is 3.55. The molecule has 2 heterocycles. The monoisotopic (exact) mass is 360 g/mol. The van der Waals surface area contributed by atoms with E-state index in [4.69, 9.17) is 4.98 Å². The maximum atomic E-state index is 4.74. The summed E-state index contributed by atoms with van der Waals surface area (Å²) in [5.74, 6) is 0. The van der Waals surface area contributed by atoms with Crippen molar-refractivity contribution >= 4 is 22.2 Å². The third kappa shape index (κ3) is 3.39. The van der Waals surface area contributed by atoms with E-state index in [1.807, 2.05) is 24.0 Å².